The van der Waals surface area contributed by atoms with Crippen LogP contribution in [0.5, 0.6) is 5.75 Å². The summed E-state index contributed by atoms with van der Waals surface area (Å²) in [4.78, 5) is 23.8. The number of nitrogens with one attached hydrogen (secondary N) is 1. The van der Waals surface area contributed by atoms with E-state index in [1.807, 2.05) is 19.1 Å². The Hall–Kier alpha value is -2.24. The standard InChI is InChI=1S/C18H17Cl2NO4/c1-11-5-3-6-13(9-11)25-12(2)18(23)24-10-16(22)21-15-8-4-7-14(19)17(15)20/h3-9,12H,10H2,1-2H3,(H,21,22)/t12-/m0/s1. The summed E-state index contributed by atoms with van der Waals surface area (Å²) in [6.45, 7) is 3.01. The van der Waals surface area contributed by atoms with Crippen molar-refractivity contribution < 1.29 is 19.1 Å². The van der Waals surface area contributed by atoms with Gasteiger partial charge in [0.25, 0.3) is 5.91 Å². The third-order valence-electron chi connectivity index (χ3n) is 3.21. The van der Waals surface area contributed by atoms with E-state index in [1.165, 1.54) is 0 Å². The van der Waals surface area contributed by atoms with Crippen molar-refractivity contribution in [3.63, 3.8) is 0 Å². The first-order chi connectivity index (χ1) is 11.9. The molecule has 5 nitrogen and oxygen atoms in total. The fourth-order valence-electron chi connectivity index (χ4n) is 1.98. The van der Waals surface area contributed by atoms with Gasteiger partial charge in [0.05, 0.1) is 15.7 Å². The zero-order valence-corrected chi connectivity index (χ0v) is 15.2. The Labute approximate surface area is 155 Å². The van der Waals surface area contributed by atoms with E-state index in [4.69, 9.17) is 32.7 Å². The second-order valence-corrected chi connectivity index (χ2v) is 6.12. The zero-order chi connectivity index (χ0) is 18.4. The normalized spacial score (nSPS) is 11.5. The summed E-state index contributed by atoms with van der Waals surface area (Å²) in [5, 5.41) is 3.07. The molecule has 1 atom stereocenters. The van der Waals surface area contributed by atoms with Gasteiger partial charge in [0, 0.05) is 0 Å². The molecule has 0 aliphatic carbocycles. The molecule has 0 unspecified atom stereocenters. The predicted octanol–water partition coefficient (Wildman–Crippen LogP) is 4.25. The minimum Gasteiger partial charge on any atom is -0.479 e. The van der Waals surface area contributed by atoms with Crippen molar-refractivity contribution >= 4 is 40.8 Å². The highest BCUT2D eigenvalue weighted by molar-refractivity contribution is 6.44. The van der Waals surface area contributed by atoms with Crippen molar-refractivity contribution in [3.05, 3.63) is 58.1 Å². The Morgan fingerprint density at radius 1 is 1.16 bits per heavy atom. The number of esters is 1. The molecular weight excluding hydrogens is 365 g/mol. The van der Waals surface area contributed by atoms with Gasteiger partial charge in [-0.25, -0.2) is 4.79 Å². The Balaban J connectivity index is 1.84. The number of halogens is 2. The van der Waals surface area contributed by atoms with Gasteiger partial charge in [-0.2, -0.15) is 0 Å². The molecule has 2 aromatic rings. The summed E-state index contributed by atoms with van der Waals surface area (Å²) in [5.41, 5.74) is 1.36. The molecule has 1 amide bonds. The van der Waals surface area contributed by atoms with Gasteiger partial charge in [0.1, 0.15) is 5.75 Å². The van der Waals surface area contributed by atoms with E-state index in [0.29, 0.717) is 16.5 Å². The molecule has 1 N–H and O–H groups in total. The molecule has 0 saturated carbocycles. The first-order valence-electron chi connectivity index (χ1n) is 7.50. The summed E-state index contributed by atoms with van der Waals surface area (Å²) in [6.07, 6.45) is -0.843. The molecule has 0 aliphatic rings. The molecule has 0 fully saturated rings. The van der Waals surface area contributed by atoms with Gasteiger partial charge in [0.2, 0.25) is 0 Å². The third-order valence-corrected chi connectivity index (χ3v) is 4.02. The van der Waals surface area contributed by atoms with Crippen molar-refractivity contribution in [1.29, 1.82) is 0 Å². The molecule has 25 heavy (non-hydrogen) atoms. The van der Waals surface area contributed by atoms with Crippen molar-refractivity contribution in [2.75, 3.05) is 11.9 Å². The van der Waals surface area contributed by atoms with E-state index in [1.54, 1.807) is 37.3 Å². The summed E-state index contributed by atoms with van der Waals surface area (Å²) in [6, 6.07) is 12.1. The number of aryl methyl sites for hydroxylation is 1. The minimum atomic E-state index is -0.843. The molecule has 0 bridgehead atoms. The molecule has 7 heteroatoms. The number of hydrogen-bond acceptors (Lipinski definition) is 4. The van der Waals surface area contributed by atoms with Gasteiger partial charge in [0.15, 0.2) is 12.7 Å². The number of carbonyl (C=O) groups is 2. The second kappa shape index (κ2) is 8.74. The monoisotopic (exact) mass is 381 g/mol. The molecule has 0 aliphatic heterocycles. The van der Waals surface area contributed by atoms with E-state index in [0.717, 1.165) is 5.56 Å². The molecule has 0 saturated heterocycles. The van der Waals surface area contributed by atoms with Crippen LogP contribution in [0.4, 0.5) is 5.69 Å². The zero-order valence-electron chi connectivity index (χ0n) is 13.7. The number of anilines is 1. The average Bonchev–Trinajstić information content (AvgIpc) is 2.57. The van der Waals surface area contributed by atoms with Gasteiger partial charge in [-0.3, -0.25) is 4.79 Å². The van der Waals surface area contributed by atoms with Crippen LogP contribution >= 0.6 is 23.2 Å². The van der Waals surface area contributed by atoms with Crippen molar-refractivity contribution in [3.8, 4) is 5.75 Å². The average molecular weight is 382 g/mol. The topological polar surface area (TPSA) is 64.6 Å². The van der Waals surface area contributed by atoms with Crippen LogP contribution in [0.15, 0.2) is 42.5 Å². The number of ether oxygens (including phenoxy) is 2. The Morgan fingerprint density at radius 2 is 1.88 bits per heavy atom. The molecule has 2 rings (SSSR count). The lowest BCUT2D eigenvalue weighted by atomic mass is 10.2. The van der Waals surface area contributed by atoms with E-state index in [2.05, 4.69) is 5.32 Å². The molecule has 0 aromatic heterocycles. The van der Waals surface area contributed by atoms with Gasteiger partial charge in [-0.05, 0) is 43.7 Å². The van der Waals surface area contributed by atoms with Crippen LogP contribution in [0.2, 0.25) is 10.0 Å². The fourth-order valence-corrected chi connectivity index (χ4v) is 2.33. The maximum atomic E-state index is 11.9. The molecule has 2 aromatic carbocycles. The fraction of sp³-hybridized carbons (Fsp3) is 0.222. The molecular formula is C18H17Cl2NO4. The summed E-state index contributed by atoms with van der Waals surface area (Å²) in [7, 11) is 0. The SMILES string of the molecule is Cc1cccc(O[C@@H](C)C(=O)OCC(=O)Nc2cccc(Cl)c2Cl)c1. The van der Waals surface area contributed by atoms with Crippen molar-refractivity contribution in [1.82, 2.24) is 0 Å². The summed E-state index contributed by atoms with van der Waals surface area (Å²) >= 11 is 11.8. The number of amides is 1. The van der Waals surface area contributed by atoms with Gasteiger partial charge in [-0.15, -0.1) is 0 Å². The van der Waals surface area contributed by atoms with E-state index in [-0.39, 0.29) is 5.02 Å². The molecule has 132 valence electrons. The molecule has 0 heterocycles. The summed E-state index contributed by atoms with van der Waals surface area (Å²) in [5.74, 6) is -0.617. The van der Waals surface area contributed by atoms with Gasteiger partial charge < -0.3 is 14.8 Å². The number of rotatable bonds is 6. The van der Waals surface area contributed by atoms with Gasteiger partial charge >= 0.3 is 5.97 Å². The van der Waals surface area contributed by atoms with Crippen LogP contribution in [0.1, 0.15) is 12.5 Å². The van der Waals surface area contributed by atoms with E-state index in [9.17, 15) is 9.59 Å². The third kappa shape index (κ3) is 5.66. The first-order valence-corrected chi connectivity index (χ1v) is 8.26. The highest BCUT2D eigenvalue weighted by Crippen LogP contribution is 2.29. The number of carbonyl (C=O) groups excluding carboxylic acids is 2. The maximum absolute atomic E-state index is 11.9. The Bertz CT molecular complexity index is 779. The second-order valence-electron chi connectivity index (χ2n) is 5.33. The molecule has 0 spiro atoms. The van der Waals surface area contributed by atoms with Gasteiger partial charge in [-0.1, -0.05) is 41.4 Å². The van der Waals surface area contributed by atoms with Crippen LogP contribution in [0.25, 0.3) is 0 Å². The number of benzene rings is 2. The lowest BCUT2D eigenvalue weighted by Crippen LogP contribution is -2.29. The molecule has 0 radical (unpaired) electrons. The van der Waals surface area contributed by atoms with Crippen LogP contribution in [-0.4, -0.2) is 24.6 Å². The van der Waals surface area contributed by atoms with Crippen molar-refractivity contribution in [2.24, 2.45) is 0 Å². The van der Waals surface area contributed by atoms with E-state index >= 15 is 0 Å². The lowest BCUT2D eigenvalue weighted by molar-refractivity contribution is -0.153. The number of hydrogen-bond donors (Lipinski definition) is 1. The Kier molecular flexibility index (Phi) is 6.67. The predicted molar refractivity (Wildman–Crippen MR) is 97.3 cm³/mol. The lowest BCUT2D eigenvalue weighted by Gasteiger charge is -2.14. The largest absolute Gasteiger partial charge is 0.479 e. The van der Waals surface area contributed by atoms with Crippen LogP contribution < -0.4 is 10.1 Å². The maximum Gasteiger partial charge on any atom is 0.347 e. The quantitative estimate of drug-likeness (QED) is 0.759. The van der Waals surface area contributed by atoms with Crippen molar-refractivity contribution in [2.45, 2.75) is 20.0 Å². The highest BCUT2D eigenvalue weighted by Gasteiger charge is 2.18. The first kappa shape index (κ1) is 19.1. The minimum absolute atomic E-state index is 0.222. The highest BCUT2D eigenvalue weighted by atomic mass is 35.5. The van der Waals surface area contributed by atoms with E-state index < -0.39 is 24.6 Å². The van der Waals surface area contributed by atoms with Crippen LogP contribution in [0, 0.1) is 6.92 Å². The van der Waals surface area contributed by atoms with Crippen LogP contribution in [-0.2, 0) is 14.3 Å². The summed E-state index contributed by atoms with van der Waals surface area (Å²) < 4.78 is 10.5. The Morgan fingerprint density at radius 3 is 2.60 bits per heavy atom. The smallest absolute Gasteiger partial charge is 0.347 e. The van der Waals surface area contributed by atoms with Crippen LogP contribution in [0.3, 0.4) is 0 Å².